The lowest BCUT2D eigenvalue weighted by atomic mass is 10.0. The van der Waals surface area contributed by atoms with Crippen LogP contribution in [0.1, 0.15) is 21.6 Å². The van der Waals surface area contributed by atoms with Gasteiger partial charge in [-0.3, -0.25) is 13.8 Å². The van der Waals surface area contributed by atoms with Gasteiger partial charge in [-0.1, -0.05) is 23.7 Å². The number of nitrogens with zero attached hydrogens (tertiary/aromatic N) is 3. The molecule has 238 valence electrons. The molecule has 1 aliphatic rings. The Morgan fingerprint density at radius 2 is 1.78 bits per heavy atom. The van der Waals surface area contributed by atoms with Crippen LogP contribution in [0.15, 0.2) is 71.8 Å². The van der Waals surface area contributed by atoms with Crippen molar-refractivity contribution in [3.63, 3.8) is 0 Å². The first-order chi connectivity index (χ1) is 20.9. The number of anilines is 1. The van der Waals surface area contributed by atoms with E-state index in [1.54, 1.807) is 0 Å². The fraction of sp³-hybridized carbons (Fsp3) is 0.214. The van der Waals surface area contributed by atoms with Gasteiger partial charge >= 0.3 is 12.4 Å². The quantitative estimate of drug-likeness (QED) is 0.242. The number of sulfonamides is 1. The van der Waals surface area contributed by atoms with Gasteiger partial charge in [-0.15, -0.1) is 0 Å². The molecule has 17 heteroatoms. The van der Waals surface area contributed by atoms with E-state index in [9.17, 15) is 43.9 Å². The molecule has 2 heterocycles. The maximum atomic E-state index is 13.9. The molecule has 0 saturated heterocycles. The van der Waals surface area contributed by atoms with Gasteiger partial charge in [-0.2, -0.15) is 31.4 Å². The molecule has 1 aromatic heterocycles. The zero-order valence-corrected chi connectivity index (χ0v) is 24.3. The average molecular weight is 677 g/mol. The van der Waals surface area contributed by atoms with Gasteiger partial charge in [0.05, 0.1) is 39.8 Å². The van der Waals surface area contributed by atoms with Crippen molar-refractivity contribution in [3.8, 4) is 16.9 Å². The number of benzene rings is 3. The summed E-state index contributed by atoms with van der Waals surface area (Å²) in [6.45, 7) is -1.06. The first-order valence-corrected chi connectivity index (χ1v) is 14.6. The van der Waals surface area contributed by atoms with Crippen LogP contribution in [0.2, 0.25) is 5.02 Å². The van der Waals surface area contributed by atoms with Crippen molar-refractivity contribution >= 4 is 33.2 Å². The number of carbonyl (C=O) groups excluding carboxylic acids is 1. The summed E-state index contributed by atoms with van der Waals surface area (Å²) in [5, 5.41) is 5.54. The highest BCUT2D eigenvalue weighted by molar-refractivity contribution is 7.92. The summed E-state index contributed by atoms with van der Waals surface area (Å²) in [5.41, 5.74) is -2.92. The molecule has 1 N–H and O–H groups in total. The lowest BCUT2D eigenvalue weighted by Crippen LogP contribution is -2.48. The van der Waals surface area contributed by atoms with Gasteiger partial charge in [0.25, 0.3) is 15.9 Å². The molecule has 0 spiro atoms. The SMILES string of the molecule is Cn1cc(C(=O)NC[C@H]2CN(S(=O)(=O)c3cccc(C(F)(F)F)c3)c3cc(-c4ccc(F)cc4Cl)ccc3O2)c(C(F)(F)F)n1. The maximum Gasteiger partial charge on any atom is 0.435 e. The number of nitrogens with one attached hydrogen (secondary N) is 1. The van der Waals surface area contributed by atoms with E-state index in [4.69, 9.17) is 16.3 Å². The molecule has 1 atom stereocenters. The standard InChI is InChI=1S/C28H20ClF7N4O4S/c1-39-14-21(25(38-39)28(34,35)36)26(41)37-12-18-13-40(45(42,43)19-4-2-3-16(10-19)27(31,32)33)23-9-15(5-8-24(23)44-18)20-7-6-17(30)11-22(20)29/h2-11,14,18H,12-13H2,1H3,(H,37,41)/t18-/m0/s1. The molecule has 0 saturated carbocycles. The Labute approximate surface area is 256 Å². The fourth-order valence-electron chi connectivity index (χ4n) is 4.66. The fourth-order valence-corrected chi connectivity index (χ4v) is 6.48. The van der Waals surface area contributed by atoms with E-state index in [0.717, 1.165) is 39.4 Å². The van der Waals surface area contributed by atoms with Crippen LogP contribution in [0.4, 0.5) is 36.4 Å². The topological polar surface area (TPSA) is 93.5 Å². The minimum Gasteiger partial charge on any atom is -0.484 e. The second-order valence-electron chi connectivity index (χ2n) is 9.88. The summed E-state index contributed by atoms with van der Waals surface area (Å²) in [4.78, 5) is 12.0. The first kappa shape index (κ1) is 32.1. The van der Waals surface area contributed by atoms with Crippen molar-refractivity contribution in [2.45, 2.75) is 23.4 Å². The first-order valence-electron chi connectivity index (χ1n) is 12.8. The van der Waals surface area contributed by atoms with Crippen LogP contribution >= 0.6 is 11.6 Å². The Hall–Kier alpha value is -4.31. The highest BCUT2D eigenvalue weighted by atomic mass is 35.5. The molecule has 3 aromatic carbocycles. The number of alkyl halides is 6. The summed E-state index contributed by atoms with van der Waals surface area (Å²) in [6.07, 6.45) is -10.1. The molecule has 4 aromatic rings. The van der Waals surface area contributed by atoms with E-state index in [2.05, 4.69) is 10.4 Å². The maximum absolute atomic E-state index is 13.9. The van der Waals surface area contributed by atoms with Crippen LogP contribution in [-0.4, -0.2) is 43.3 Å². The lowest BCUT2D eigenvalue weighted by Gasteiger charge is -2.36. The number of aryl methyl sites for hydroxylation is 1. The average Bonchev–Trinajstić information content (AvgIpc) is 3.37. The molecule has 0 radical (unpaired) electrons. The molecule has 5 rings (SSSR count). The van der Waals surface area contributed by atoms with Crippen LogP contribution in [0.5, 0.6) is 5.75 Å². The Kier molecular flexibility index (Phi) is 8.24. The van der Waals surface area contributed by atoms with Crippen molar-refractivity contribution in [1.29, 1.82) is 0 Å². The minimum absolute atomic E-state index is 0.00631. The van der Waals surface area contributed by atoms with E-state index in [-0.39, 0.29) is 16.5 Å². The number of carbonyl (C=O) groups is 1. The number of hydrogen-bond acceptors (Lipinski definition) is 5. The second kappa shape index (κ2) is 11.6. The van der Waals surface area contributed by atoms with Crippen molar-refractivity contribution in [3.05, 3.63) is 94.5 Å². The summed E-state index contributed by atoms with van der Waals surface area (Å²) < 4.78 is 129. The Balaban J connectivity index is 1.52. The van der Waals surface area contributed by atoms with E-state index < -0.39 is 75.0 Å². The zero-order valence-electron chi connectivity index (χ0n) is 22.7. The van der Waals surface area contributed by atoms with Gasteiger partial charge < -0.3 is 10.1 Å². The van der Waals surface area contributed by atoms with Gasteiger partial charge in [-0.25, -0.2) is 12.8 Å². The molecule has 0 unspecified atom stereocenters. The highest BCUT2D eigenvalue weighted by Gasteiger charge is 2.40. The lowest BCUT2D eigenvalue weighted by molar-refractivity contribution is -0.141. The molecule has 1 aliphatic heterocycles. The molecule has 0 fully saturated rings. The Morgan fingerprint density at radius 3 is 2.44 bits per heavy atom. The van der Waals surface area contributed by atoms with Crippen LogP contribution in [0.25, 0.3) is 11.1 Å². The van der Waals surface area contributed by atoms with E-state index in [1.807, 2.05) is 0 Å². The second-order valence-corrected chi connectivity index (χ2v) is 12.2. The summed E-state index contributed by atoms with van der Waals surface area (Å²) in [6, 6.07) is 10.7. The predicted molar refractivity (Wildman–Crippen MR) is 148 cm³/mol. The number of fused-ring (bicyclic) bond motifs is 1. The zero-order chi connectivity index (χ0) is 32.9. The van der Waals surface area contributed by atoms with E-state index in [0.29, 0.717) is 23.3 Å². The molecular weight excluding hydrogens is 657 g/mol. The van der Waals surface area contributed by atoms with Crippen molar-refractivity contribution < 1.29 is 48.7 Å². The van der Waals surface area contributed by atoms with Gasteiger partial charge in [0.15, 0.2) is 5.69 Å². The molecule has 45 heavy (non-hydrogen) atoms. The largest absolute Gasteiger partial charge is 0.484 e. The van der Waals surface area contributed by atoms with Crippen molar-refractivity contribution in [1.82, 2.24) is 15.1 Å². The van der Waals surface area contributed by atoms with Gasteiger partial charge in [0, 0.05) is 18.8 Å². The van der Waals surface area contributed by atoms with E-state index in [1.165, 1.54) is 31.3 Å². The van der Waals surface area contributed by atoms with Gasteiger partial charge in [0.1, 0.15) is 17.7 Å². The number of rotatable bonds is 6. The molecule has 1 amide bonds. The smallest absolute Gasteiger partial charge is 0.435 e. The molecular formula is C28H20ClF7N4O4S. The van der Waals surface area contributed by atoms with Crippen LogP contribution in [0.3, 0.4) is 0 Å². The van der Waals surface area contributed by atoms with Gasteiger partial charge in [0.2, 0.25) is 0 Å². The molecule has 0 bridgehead atoms. The number of amides is 1. The summed E-state index contributed by atoms with van der Waals surface area (Å²) in [7, 11) is -3.54. The monoisotopic (exact) mass is 676 g/mol. The van der Waals surface area contributed by atoms with Gasteiger partial charge in [-0.05, 0) is 54.1 Å². The number of aromatic nitrogens is 2. The normalized spacial score (nSPS) is 15.4. The Morgan fingerprint density at radius 1 is 1.04 bits per heavy atom. The molecule has 8 nitrogen and oxygen atoms in total. The summed E-state index contributed by atoms with van der Waals surface area (Å²) in [5.74, 6) is -1.87. The van der Waals surface area contributed by atoms with Crippen LogP contribution in [0, 0.1) is 5.82 Å². The van der Waals surface area contributed by atoms with E-state index >= 15 is 0 Å². The summed E-state index contributed by atoms with van der Waals surface area (Å²) >= 11 is 6.19. The number of hydrogen-bond donors (Lipinski definition) is 1. The van der Waals surface area contributed by atoms with Crippen molar-refractivity contribution in [2.24, 2.45) is 7.05 Å². The predicted octanol–water partition coefficient (Wildman–Crippen LogP) is 6.30. The third-order valence-corrected chi connectivity index (χ3v) is 8.80. The third-order valence-electron chi connectivity index (χ3n) is 6.71. The van der Waals surface area contributed by atoms with Crippen LogP contribution < -0.4 is 14.4 Å². The Bertz CT molecular complexity index is 1890. The number of ether oxygens (including phenoxy) is 1. The highest BCUT2D eigenvalue weighted by Crippen LogP contribution is 2.42. The van der Waals surface area contributed by atoms with Crippen LogP contribution in [-0.2, 0) is 29.4 Å². The minimum atomic E-state index is -4.94. The molecule has 0 aliphatic carbocycles. The number of halogens is 8. The van der Waals surface area contributed by atoms with Crippen molar-refractivity contribution in [2.75, 3.05) is 17.4 Å². The third kappa shape index (κ3) is 6.56.